The minimum Gasteiger partial charge on any atom is -0.384 e. The molecule has 0 aromatic rings. The van der Waals surface area contributed by atoms with E-state index in [1.165, 1.54) is 0 Å². The summed E-state index contributed by atoms with van der Waals surface area (Å²) in [6.45, 7) is 6.04. The molecular formula is C10H23NO2S. The molecule has 14 heavy (non-hydrogen) atoms. The van der Waals surface area contributed by atoms with Gasteiger partial charge in [0.25, 0.3) is 0 Å². The molecule has 0 aliphatic carbocycles. The lowest BCUT2D eigenvalue weighted by Crippen LogP contribution is -2.32. The van der Waals surface area contributed by atoms with Crippen LogP contribution in [0, 0.1) is 5.92 Å². The Morgan fingerprint density at radius 2 is 2.07 bits per heavy atom. The normalized spacial score (nSPS) is 17.7. The van der Waals surface area contributed by atoms with Gasteiger partial charge in [-0.3, -0.25) is 4.21 Å². The fourth-order valence-electron chi connectivity index (χ4n) is 1.19. The third-order valence-corrected chi connectivity index (χ3v) is 2.91. The van der Waals surface area contributed by atoms with Crippen molar-refractivity contribution in [1.82, 2.24) is 5.32 Å². The first kappa shape index (κ1) is 14.1. The van der Waals surface area contributed by atoms with Crippen LogP contribution in [0.4, 0.5) is 0 Å². The Labute approximate surface area is 90.1 Å². The molecular weight excluding hydrogens is 198 g/mol. The van der Waals surface area contributed by atoms with Gasteiger partial charge in [-0.15, -0.1) is 0 Å². The Kier molecular flexibility index (Phi) is 8.43. The molecule has 0 aromatic carbocycles. The smallest absolute Gasteiger partial charge is 0.0499 e. The van der Waals surface area contributed by atoms with Crippen molar-refractivity contribution in [1.29, 1.82) is 0 Å². The van der Waals surface area contributed by atoms with E-state index < -0.39 is 10.8 Å². The molecule has 0 aliphatic rings. The molecule has 0 fully saturated rings. The van der Waals surface area contributed by atoms with Gasteiger partial charge in [-0.2, -0.15) is 0 Å². The maximum absolute atomic E-state index is 10.9. The zero-order valence-corrected chi connectivity index (χ0v) is 10.5. The van der Waals surface area contributed by atoms with E-state index in [-0.39, 0.29) is 0 Å². The van der Waals surface area contributed by atoms with Crippen LogP contribution in [0.1, 0.15) is 20.3 Å². The SMILES string of the molecule is COCC(C)CNC(C)CCS(C)=O. The Morgan fingerprint density at radius 3 is 2.57 bits per heavy atom. The zero-order chi connectivity index (χ0) is 11.0. The predicted octanol–water partition coefficient (Wildman–Crippen LogP) is 1.02. The number of hydrogen-bond donors (Lipinski definition) is 1. The number of ether oxygens (including phenoxy) is 1. The standard InChI is InChI=1S/C10H23NO2S/c1-9(8-13-3)7-11-10(2)5-6-14(4)12/h9-11H,5-8H2,1-4H3. The molecule has 3 unspecified atom stereocenters. The highest BCUT2D eigenvalue weighted by Crippen LogP contribution is 1.97. The van der Waals surface area contributed by atoms with Crippen molar-refractivity contribution >= 4 is 10.8 Å². The van der Waals surface area contributed by atoms with E-state index in [4.69, 9.17) is 4.74 Å². The van der Waals surface area contributed by atoms with E-state index in [0.717, 1.165) is 25.3 Å². The Morgan fingerprint density at radius 1 is 1.43 bits per heavy atom. The van der Waals surface area contributed by atoms with E-state index in [1.54, 1.807) is 13.4 Å². The van der Waals surface area contributed by atoms with Crippen LogP contribution >= 0.6 is 0 Å². The van der Waals surface area contributed by atoms with Crippen LogP contribution in [0.15, 0.2) is 0 Å². The summed E-state index contributed by atoms with van der Waals surface area (Å²) in [5, 5.41) is 3.41. The molecule has 1 N–H and O–H groups in total. The van der Waals surface area contributed by atoms with Gasteiger partial charge in [-0.25, -0.2) is 0 Å². The minimum atomic E-state index is -0.669. The van der Waals surface area contributed by atoms with Gasteiger partial charge in [0, 0.05) is 49.1 Å². The average molecular weight is 221 g/mol. The first-order valence-corrected chi connectivity index (χ1v) is 6.81. The van der Waals surface area contributed by atoms with Crippen LogP contribution in [0.3, 0.4) is 0 Å². The summed E-state index contributed by atoms with van der Waals surface area (Å²) >= 11 is 0. The first-order chi connectivity index (χ1) is 6.56. The zero-order valence-electron chi connectivity index (χ0n) is 9.71. The van der Waals surface area contributed by atoms with Crippen LogP contribution < -0.4 is 5.32 Å². The van der Waals surface area contributed by atoms with Crippen molar-refractivity contribution in [3.63, 3.8) is 0 Å². The molecule has 0 heterocycles. The minimum absolute atomic E-state index is 0.443. The second-order valence-electron chi connectivity index (χ2n) is 3.94. The molecule has 0 spiro atoms. The number of nitrogens with one attached hydrogen (secondary N) is 1. The second-order valence-corrected chi connectivity index (χ2v) is 5.49. The third kappa shape index (κ3) is 8.66. The van der Waals surface area contributed by atoms with Crippen molar-refractivity contribution in [3.05, 3.63) is 0 Å². The van der Waals surface area contributed by atoms with Gasteiger partial charge in [-0.05, 0) is 19.3 Å². The Balaban J connectivity index is 3.42. The van der Waals surface area contributed by atoms with Crippen LogP contribution in [-0.4, -0.2) is 42.5 Å². The predicted molar refractivity (Wildman–Crippen MR) is 62.1 cm³/mol. The van der Waals surface area contributed by atoms with Crippen LogP contribution in [0.25, 0.3) is 0 Å². The monoisotopic (exact) mass is 221 g/mol. The summed E-state index contributed by atoms with van der Waals surface area (Å²) in [5.74, 6) is 1.32. The van der Waals surface area contributed by atoms with E-state index >= 15 is 0 Å². The van der Waals surface area contributed by atoms with E-state index in [1.807, 2.05) is 0 Å². The molecule has 3 nitrogen and oxygen atoms in total. The van der Waals surface area contributed by atoms with Gasteiger partial charge >= 0.3 is 0 Å². The van der Waals surface area contributed by atoms with Gasteiger partial charge in [0.2, 0.25) is 0 Å². The molecule has 0 saturated heterocycles. The summed E-state index contributed by atoms with van der Waals surface area (Å²) in [4.78, 5) is 0. The molecule has 0 rings (SSSR count). The Bertz CT molecular complexity index is 164. The fourth-order valence-corrected chi connectivity index (χ4v) is 1.88. The van der Waals surface area contributed by atoms with Crippen molar-refractivity contribution in [2.75, 3.05) is 32.3 Å². The molecule has 0 aliphatic heterocycles. The van der Waals surface area contributed by atoms with Crippen molar-refractivity contribution < 1.29 is 8.95 Å². The highest BCUT2D eigenvalue weighted by molar-refractivity contribution is 7.84. The highest BCUT2D eigenvalue weighted by Gasteiger charge is 2.05. The van der Waals surface area contributed by atoms with E-state index in [2.05, 4.69) is 19.2 Å². The van der Waals surface area contributed by atoms with Crippen molar-refractivity contribution in [2.24, 2.45) is 5.92 Å². The molecule has 0 amide bonds. The quantitative estimate of drug-likeness (QED) is 0.665. The average Bonchev–Trinajstić information content (AvgIpc) is 2.12. The number of hydrogen-bond acceptors (Lipinski definition) is 3. The van der Waals surface area contributed by atoms with Crippen molar-refractivity contribution in [2.45, 2.75) is 26.3 Å². The van der Waals surface area contributed by atoms with Crippen LogP contribution in [0.2, 0.25) is 0 Å². The van der Waals surface area contributed by atoms with Gasteiger partial charge in [0.05, 0.1) is 0 Å². The summed E-state index contributed by atoms with van der Waals surface area (Å²) in [7, 11) is 1.05. The van der Waals surface area contributed by atoms with Crippen LogP contribution in [-0.2, 0) is 15.5 Å². The van der Waals surface area contributed by atoms with E-state index in [0.29, 0.717) is 12.0 Å². The topological polar surface area (TPSA) is 38.3 Å². The lowest BCUT2D eigenvalue weighted by Gasteiger charge is -2.16. The molecule has 0 aromatic heterocycles. The van der Waals surface area contributed by atoms with Gasteiger partial charge < -0.3 is 10.1 Å². The number of methoxy groups -OCH3 is 1. The summed E-state index contributed by atoms with van der Waals surface area (Å²) < 4.78 is 15.9. The summed E-state index contributed by atoms with van der Waals surface area (Å²) in [6, 6.07) is 0.443. The molecule has 0 saturated carbocycles. The number of rotatable bonds is 8. The third-order valence-electron chi connectivity index (χ3n) is 2.10. The molecule has 3 atom stereocenters. The fraction of sp³-hybridized carbons (Fsp3) is 1.00. The van der Waals surface area contributed by atoms with Crippen LogP contribution in [0.5, 0.6) is 0 Å². The molecule has 86 valence electrons. The highest BCUT2D eigenvalue weighted by atomic mass is 32.2. The summed E-state index contributed by atoms with van der Waals surface area (Å²) in [6.07, 6.45) is 2.73. The first-order valence-electron chi connectivity index (χ1n) is 5.08. The largest absolute Gasteiger partial charge is 0.384 e. The summed E-state index contributed by atoms with van der Waals surface area (Å²) in [5.41, 5.74) is 0. The molecule has 0 bridgehead atoms. The molecule has 0 radical (unpaired) electrons. The Hall–Kier alpha value is 0.0700. The maximum atomic E-state index is 10.9. The second kappa shape index (κ2) is 8.38. The van der Waals surface area contributed by atoms with Gasteiger partial charge in [0.15, 0.2) is 0 Å². The van der Waals surface area contributed by atoms with Gasteiger partial charge in [-0.1, -0.05) is 6.92 Å². The molecule has 4 heteroatoms. The maximum Gasteiger partial charge on any atom is 0.0499 e. The lowest BCUT2D eigenvalue weighted by atomic mass is 10.2. The van der Waals surface area contributed by atoms with E-state index in [9.17, 15) is 4.21 Å². The van der Waals surface area contributed by atoms with Crippen molar-refractivity contribution in [3.8, 4) is 0 Å². The van der Waals surface area contributed by atoms with Gasteiger partial charge in [0.1, 0.15) is 0 Å². The lowest BCUT2D eigenvalue weighted by molar-refractivity contribution is 0.157.